The first kappa shape index (κ1) is 11.4. The minimum absolute atomic E-state index is 0.0390. The van der Waals surface area contributed by atoms with Crippen LogP contribution >= 0.6 is 0 Å². The van der Waals surface area contributed by atoms with E-state index >= 15 is 0 Å². The van der Waals surface area contributed by atoms with Crippen molar-refractivity contribution in [3.63, 3.8) is 0 Å². The molecular weight excluding hydrogens is 222 g/mol. The summed E-state index contributed by atoms with van der Waals surface area (Å²) in [7, 11) is 0. The normalized spacial score (nSPS) is 18.2. The number of hydrogen-bond acceptors (Lipinski definition) is 5. The van der Waals surface area contributed by atoms with E-state index in [0.29, 0.717) is 0 Å². The van der Waals surface area contributed by atoms with Gasteiger partial charge in [0.2, 0.25) is 5.88 Å². The summed E-state index contributed by atoms with van der Waals surface area (Å²) < 4.78 is 5.61. The highest BCUT2D eigenvalue weighted by Gasteiger charge is 2.18. The molecular formula is C11H11N3O3. The van der Waals surface area contributed by atoms with E-state index in [2.05, 4.69) is 21.2 Å². The third-order valence-corrected chi connectivity index (χ3v) is 2.25. The third-order valence-electron chi connectivity index (χ3n) is 2.25. The molecule has 0 aromatic carbocycles. The van der Waals surface area contributed by atoms with Gasteiger partial charge in [-0.15, -0.1) is 0 Å². The first-order chi connectivity index (χ1) is 8.25. The molecule has 0 aliphatic carbocycles. The molecule has 0 bridgehead atoms. The molecule has 0 amide bonds. The van der Waals surface area contributed by atoms with Crippen molar-refractivity contribution in [3.8, 4) is 17.7 Å². The zero-order valence-electron chi connectivity index (χ0n) is 9.01. The van der Waals surface area contributed by atoms with Crippen LogP contribution in [0.25, 0.3) is 0 Å². The van der Waals surface area contributed by atoms with Crippen LogP contribution in [-0.2, 0) is 4.79 Å². The van der Waals surface area contributed by atoms with Crippen molar-refractivity contribution in [2.24, 2.45) is 0 Å². The van der Waals surface area contributed by atoms with Crippen LogP contribution in [0.3, 0.4) is 0 Å². The lowest BCUT2D eigenvalue weighted by Gasteiger charge is -2.11. The molecule has 1 aromatic heterocycles. The summed E-state index contributed by atoms with van der Waals surface area (Å²) in [6.45, 7) is 1.66. The largest absolute Gasteiger partial charge is 0.472 e. The molecule has 0 spiro atoms. The smallest absolute Gasteiger partial charge is 0.382 e. The van der Waals surface area contributed by atoms with Gasteiger partial charge in [-0.2, -0.15) is 0 Å². The predicted molar refractivity (Wildman–Crippen MR) is 58.4 cm³/mol. The molecule has 17 heavy (non-hydrogen) atoms. The van der Waals surface area contributed by atoms with E-state index in [-0.39, 0.29) is 17.7 Å². The fourth-order valence-electron chi connectivity index (χ4n) is 1.50. The van der Waals surface area contributed by atoms with Crippen LogP contribution in [0.5, 0.6) is 5.88 Å². The number of ether oxygens (including phenoxy) is 1. The van der Waals surface area contributed by atoms with E-state index in [1.54, 1.807) is 0 Å². The molecule has 2 rings (SSSR count). The van der Waals surface area contributed by atoms with Gasteiger partial charge in [-0.05, 0) is 18.9 Å². The molecule has 1 aliphatic rings. The monoisotopic (exact) mass is 233 g/mol. The van der Waals surface area contributed by atoms with Crippen molar-refractivity contribution in [3.05, 3.63) is 18.1 Å². The van der Waals surface area contributed by atoms with Crippen LogP contribution in [0, 0.1) is 11.8 Å². The van der Waals surface area contributed by atoms with Gasteiger partial charge in [-0.3, -0.25) is 0 Å². The molecule has 1 saturated heterocycles. The lowest BCUT2D eigenvalue weighted by atomic mass is 10.3. The van der Waals surface area contributed by atoms with Crippen molar-refractivity contribution in [1.29, 1.82) is 0 Å². The van der Waals surface area contributed by atoms with Crippen molar-refractivity contribution in [2.75, 3.05) is 13.1 Å². The van der Waals surface area contributed by atoms with Gasteiger partial charge < -0.3 is 15.2 Å². The standard InChI is InChI=1S/C11H11N3O3/c15-10(16)2-1-9-11(14-6-5-13-9)17-8-3-4-12-7-8/h5-6,8,12H,3-4,7H2,(H,15,16). The van der Waals surface area contributed by atoms with Crippen molar-refractivity contribution < 1.29 is 14.6 Å². The Labute approximate surface area is 98.0 Å². The second-order valence-electron chi connectivity index (χ2n) is 3.50. The van der Waals surface area contributed by atoms with E-state index in [4.69, 9.17) is 9.84 Å². The van der Waals surface area contributed by atoms with Crippen LogP contribution in [0.4, 0.5) is 0 Å². The lowest BCUT2D eigenvalue weighted by molar-refractivity contribution is -0.130. The second-order valence-corrected chi connectivity index (χ2v) is 3.50. The van der Waals surface area contributed by atoms with E-state index in [1.165, 1.54) is 12.4 Å². The Morgan fingerprint density at radius 2 is 2.35 bits per heavy atom. The Hall–Kier alpha value is -2.13. The van der Waals surface area contributed by atoms with Crippen LogP contribution in [-0.4, -0.2) is 40.2 Å². The average molecular weight is 233 g/mol. The van der Waals surface area contributed by atoms with Gasteiger partial charge in [0.25, 0.3) is 0 Å². The fraction of sp³-hybridized carbons (Fsp3) is 0.364. The van der Waals surface area contributed by atoms with Crippen LogP contribution in [0.1, 0.15) is 12.1 Å². The zero-order valence-corrected chi connectivity index (χ0v) is 9.01. The topological polar surface area (TPSA) is 84.3 Å². The highest BCUT2D eigenvalue weighted by Crippen LogP contribution is 2.14. The van der Waals surface area contributed by atoms with Crippen molar-refractivity contribution >= 4 is 5.97 Å². The summed E-state index contributed by atoms with van der Waals surface area (Å²) in [5.74, 6) is 3.50. The number of nitrogens with one attached hydrogen (secondary N) is 1. The van der Waals surface area contributed by atoms with E-state index in [0.717, 1.165) is 19.5 Å². The molecule has 1 unspecified atom stereocenters. The number of carboxylic acid groups (broad SMARTS) is 1. The van der Waals surface area contributed by atoms with Gasteiger partial charge >= 0.3 is 5.97 Å². The Morgan fingerprint density at radius 1 is 1.53 bits per heavy atom. The number of rotatable bonds is 2. The van der Waals surface area contributed by atoms with Gasteiger partial charge in [-0.1, -0.05) is 0 Å². The predicted octanol–water partition coefficient (Wildman–Crippen LogP) is -0.347. The zero-order chi connectivity index (χ0) is 12.1. The summed E-state index contributed by atoms with van der Waals surface area (Å²) in [4.78, 5) is 18.3. The molecule has 1 aromatic rings. The molecule has 0 radical (unpaired) electrons. The average Bonchev–Trinajstić information content (AvgIpc) is 2.80. The number of hydrogen-bond donors (Lipinski definition) is 2. The number of aliphatic carboxylic acids is 1. The Kier molecular flexibility index (Phi) is 3.52. The SMILES string of the molecule is O=C(O)C#Cc1nccnc1OC1CCNC1. The van der Waals surface area contributed by atoms with Crippen LogP contribution < -0.4 is 10.1 Å². The summed E-state index contributed by atoms with van der Waals surface area (Å²) >= 11 is 0. The second kappa shape index (κ2) is 5.27. The molecule has 1 atom stereocenters. The highest BCUT2D eigenvalue weighted by atomic mass is 16.5. The van der Waals surface area contributed by atoms with E-state index in [1.807, 2.05) is 5.92 Å². The summed E-state index contributed by atoms with van der Waals surface area (Å²) in [5.41, 5.74) is 0.252. The maximum Gasteiger partial charge on any atom is 0.382 e. The van der Waals surface area contributed by atoms with Gasteiger partial charge in [0.1, 0.15) is 6.10 Å². The molecule has 6 nitrogen and oxygen atoms in total. The highest BCUT2D eigenvalue weighted by molar-refractivity contribution is 5.87. The third kappa shape index (κ3) is 3.16. The molecule has 6 heteroatoms. The van der Waals surface area contributed by atoms with Crippen LogP contribution in [0.15, 0.2) is 12.4 Å². The van der Waals surface area contributed by atoms with Gasteiger partial charge in [-0.25, -0.2) is 14.8 Å². The Balaban J connectivity index is 2.15. The lowest BCUT2D eigenvalue weighted by Crippen LogP contribution is -2.20. The van der Waals surface area contributed by atoms with E-state index in [9.17, 15) is 4.79 Å². The van der Waals surface area contributed by atoms with Gasteiger partial charge in [0.15, 0.2) is 5.69 Å². The Morgan fingerprint density at radius 3 is 3.06 bits per heavy atom. The van der Waals surface area contributed by atoms with Gasteiger partial charge in [0.05, 0.1) is 0 Å². The maximum absolute atomic E-state index is 10.4. The van der Waals surface area contributed by atoms with Crippen molar-refractivity contribution in [1.82, 2.24) is 15.3 Å². The first-order valence-corrected chi connectivity index (χ1v) is 5.19. The molecule has 1 fully saturated rings. The van der Waals surface area contributed by atoms with Gasteiger partial charge in [0, 0.05) is 24.9 Å². The molecule has 2 N–H and O–H groups in total. The number of carbonyl (C=O) groups is 1. The number of nitrogens with zero attached hydrogens (tertiary/aromatic N) is 2. The van der Waals surface area contributed by atoms with Crippen molar-refractivity contribution in [2.45, 2.75) is 12.5 Å². The van der Waals surface area contributed by atoms with E-state index < -0.39 is 5.97 Å². The quantitative estimate of drug-likeness (QED) is 0.679. The van der Waals surface area contributed by atoms with Crippen LogP contribution in [0.2, 0.25) is 0 Å². The fourth-order valence-corrected chi connectivity index (χ4v) is 1.50. The molecule has 88 valence electrons. The summed E-state index contributed by atoms with van der Waals surface area (Å²) in [6.07, 6.45) is 3.87. The molecule has 2 heterocycles. The summed E-state index contributed by atoms with van der Waals surface area (Å²) in [6, 6.07) is 0. The minimum atomic E-state index is -1.20. The number of aromatic nitrogens is 2. The first-order valence-electron chi connectivity index (χ1n) is 5.19. The molecule has 0 saturated carbocycles. The maximum atomic E-state index is 10.4. The Bertz CT molecular complexity index is 472. The summed E-state index contributed by atoms with van der Waals surface area (Å²) in [5, 5.41) is 11.6. The number of carboxylic acids is 1. The minimum Gasteiger partial charge on any atom is -0.472 e. The molecule has 1 aliphatic heterocycles.